The number of nitrogens with zero attached hydrogens (tertiary/aromatic N) is 2. The fourth-order valence-electron chi connectivity index (χ4n) is 2.96. The number of rotatable bonds is 0. The number of thiophene rings is 1. The van der Waals surface area contributed by atoms with E-state index >= 15 is 0 Å². The van der Waals surface area contributed by atoms with E-state index in [1.165, 1.54) is 16.9 Å². The van der Waals surface area contributed by atoms with Crippen LogP contribution in [0.3, 0.4) is 0 Å². The Morgan fingerprint density at radius 1 is 1.21 bits per heavy atom. The van der Waals surface area contributed by atoms with Crippen LogP contribution >= 0.6 is 11.3 Å². The van der Waals surface area contributed by atoms with E-state index in [0.717, 1.165) is 29.0 Å². The normalized spacial score (nSPS) is 19.6. The minimum absolute atomic E-state index is 0.274. The standard InChI is InChI=1S/C14H20N4S/c1-14(2,3)7-4-5-8-9(6-7)19-12-10(8)11(15)17-13(16)18-12/h7H,4-6H2,1-3H3,(H4,15,16,17,18). The van der Waals surface area contributed by atoms with Gasteiger partial charge in [-0.25, -0.2) is 4.98 Å². The average Bonchev–Trinajstić information content (AvgIpc) is 2.64. The molecule has 1 unspecified atom stereocenters. The van der Waals surface area contributed by atoms with Crippen LogP contribution in [0.1, 0.15) is 37.6 Å². The number of aromatic nitrogens is 2. The zero-order valence-electron chi connectivity index (χ0n) is 11.7. The molecule has 0 aromatic carbocycles. The molecule has 1 aliphatic rings. The first-order valence-corrected chi connectivity index (χ1v) is 7.51. The Morgan fingerprint density at radius 3 is 2.63 bits per heavy atom. The molecular weight excluding hydrogens is 256 g/mol. The van der Waals surface area contributed by atoms with Crippen molar-refractivity contribution in [2.24, 2.45) is 11.3 Å². The van der Waals surface area contributed by atoms with Gasteiger partial charge in [0.25, 0.3) is 0 Å². The Hall–Kier alpha value is -1.36. The van der Waals surface area contributed by atoms with Gasteiger partial charge in [0.2, 0.25) is 5.95 Å². The molecule has 0 fully saturated rings. The Kier molecular flexibility index (Phi) is 2.71. The highest BCUT2D eigenvalue weighted by Crippen LogP contribution is 2.43. The van der Waals surface area contributed by atoms with Crippen LogP contribution in [-0.2, 0) is 12.8 Å². The van der Waals surface area contributed by atoms with Crippen molar-refractivity contribution in [1.29, 1.82) is 0 Å². The third-order valence-electron chi connectivity index (χ3n) is 4.18. The first-order valence-electron chi connectivity index (χ1n) is 6.69. The van der Waals surface area contributed by atoms with Crippen molar-refractivity contribution >= 4 is 33.3 Å². The van der Waals surface area contributed by atoms with Crippen LogP contribution in [0, 0.1) is 11.3 Å². The molecule has 5 heteroatoms. The predicted molar refractivity (Wildman–Crippen MR) is 81.2 cm³/mol. The Morgan fingerprint density at radius 2 is 1.95 bits per heavy atom. The number of fused-ring (bicyclic) bond motifs is 3. The second-order valence-electron chi connectivity index (χ2n) is 6.46. The molecular formula is C14H20N4S. The zero-order chi connectivity index (χ0) is 13.8. The molecule has 0 spiro atoms. The molecule has 3 rings (SSSR count). The Bertz CT molecular complexity index is 639. The maximum atomic E-state index is 6.02. The highest BCUT2D eigenvalue weighted by Gasteiger charge is 2.31. The van der Waals surface area contributed by atoms with E-state index in [2.05, 4.69) is 30.7 Å². The van der Waals surface area contributed by atoms with Crippen LogP contribution in [-0.4, -0.2) is 9.97 Å². The van der Waals surface area contributed by atoms with Gasteiger partial charge in [-0.15, -0.1) is 11.3 Å². The van der Waals surface area contributed by atoms with Gasteiger partial charge in [0.05, 0.1) is 5.39 Å². The van der Waals surface area contributed by atoms with Crippen LogP contribution < -0.4 is 11.5 Å². The van der Waals surface area contributed by atoms with E-state index in [-0.39, 0.29) is 5.95 Å². The maximum absolute atomic E-state index is 6.02. The highest BCUT2D eigenvalue weighted by molar-refractivity contribution is 7.19. The van der Waals surface area contributed by atoms with E-state index < -0.39 is 0 Å². The summed E-state index contributed by atoms with van der Waals surface area (Å²) < 4.78 is 0. The monoisotopic (exact) mass is 276 g/mol. The molecule has 2 aromatic heterocycles. The van der Waals surface area contributed by atoms with Crippen molar-refractivity contribution in [3.05, 3.63) is 10.4 Å². The molecule has 102 valence electrons. The van der Waals surface area contributed by atoms with Crippen molar-refractivity contribution < 1.29 is 0 Å². The van der Waals surface area contributed by atoms with Crippen molar-refractivity contribution in [2.45, 2.75) is 40.0 Å². The lowest BCUT2D eigenvalue weighted by Crippen LogP contribution is -2.26. The molecule has 0 bridgehead atoms. The second-order valence-corrected chi connectivity index (χ2v) is 7.54. The molecule has 0 radical (unpaired) electrons. The van der Waals surface area contributed by atoms with Crippen LogP contribution in [0.2, 0.25) is 0 Å². The fourth-order valence-corrected chi connectivity index (χ4v) is 4.28. The molecule has 0 saturated heterocycles. The van der Waals surface area contributed by atoms with Gasteiger partial charge >= 0.3 is 0 Å². The minimum atomic E-state index is 0.274. The summed E-state index contributed by atoms with van der Waals surface area (Å²) in [5.41, 5.74) is 13.4. The van der Waals surface area contributed by atoms with E-state index in [0.29, 0.717) is 11.2 Å². The molecule has 2 heterocycles. The van der Waals surface area contributed by atoms with Gasteiger partial charge in [0.1, 0.15) is 10.6 Å². The van der Waals surface area contributed by atoms with Crippen molar-refractivity contribution in [2.75, 3.05) is 11.5 Å². The molecule has 4 nitrogen and oxygen atoms in total. The van der Waals surface area contributed by atoms with Crippen molar-refractivity contribution in [3.63, 3.8) is 0 Å². The molecule has 0 aliphatic heterocycles. The summed E-state index contributed by atoms with van der Waals surface area (Å²) in [5, 5.41) is 1.04. The lowest BCUT2D eigenvalue weighted by atomic mass is 9.72. The zero-order valence-corrected chi connectivity index (χ0v) is 12.5. The average molecular weight is 276 g/mol. The van der Waals surface area contributed by atoms with Crippen LogP contribution in [0.25, 0.3) is 10.2 Å². The van der Waals surface area contributed by atoms with Gasteiger partial charge in [-0.1, -0.05) is 20.8 Å². The van der Waals surface area contributed by atoms with E-state index in [1.54, 1.807) is 11.3 Å². The summed E-state index contributed by atoms with van der Waals surface area (Å²) in [6.45, 7) is 6.96. The van der Waals surface area contributed by atoms with Crippen LogP contribution in [0.4, 0.5) is 11.8 Å². The molecule has 0 saturated carbocycles. The summed E-state index contributed by atoms with van der Waals surface area (Å²) in [6.07, 6.45) is 3.42. The summed E-state index contributed by atoms with van der Waals surface area (Å²) in [5.74, 6) is 1.53. The quantitative estimate of drug-likeness (QED) is 0.775. The number of hydrogen-bond acceptors (Lipinski definition) is 5. The van der Waals surface area contributed by atoms with Gasteiger partial charge in [-0.3, -0.25) is 0 Å². The minimum Gasteiger partial charge on any atom is -0.383 e. The highest BCUT2D eigenvalue weighted by atomic mass is 32.1. The first-order chi connectivity index (χ1) is 8.86. The SMILES string of the molecule is CC(C)(C)C1CCc2c(sc3nc(N)nc(N)c23)C1. The van der Waals surface area contributed by atoms with E-state index in [9.17, 15) is 0 Å². The number of nitrogens with two attached hydrogens (primary N) is 2. The van der Waals surface area contributed by atoms with Crippen LogP contribution in [0.5, 0.6) is 0 Å². The molecule has 4 N–H and O–H groups in total. The first kappa shape index (κ1) is 12.7. The lowest BCUT2D eigenvalue weighted by molar-refractivity contribution is 0.218. The molecule has 19 heavy (non-hydrogen) atoms. The van der Waals surface area contributed by atoms with E-state index in [1.807, 2.05) is 0 Å². The number of hydrogen-bond donors (Lipinski definition) is 2. The number of anilines is 2. The molecule has 1 atom stereocenters. The van der Waals surface area contributed by atoms with Gasteiger partial charge in [0.15, 0.2) is 0 Å². The molecule has 2 aromatic rings. The van der Waals surface area contributed by atoms with Crippen molar-refractivity contribution in [3.8, 4) is 0 Å². The summed E-state index contributed by atoms with van der Waals surface area (Å²) in [6, 6.07) is 0. The summed E-state index contributed by atoms with van der Waals surface area (Å²) in [4.78, 5) is 10.8. The smallest absolute Gasteiger partial charge is 0.223 e. The van der Waals surface area contributed by atoms with Crippen LogP contribution in [0.15, 0.2) is 0 Å². The second kappa shape index (κ2) is 4.07. The lowest BCUT2D eigenvalue weighted by Gasteiger charge is -2.33. The molecule has 1 aliphatic carbocycles. The van der Waals surface area contributed by atoms with E-state index in [4.69, 9.17) is 11.5 Å². The predicted octanol–water partition coefficient (Wildman–Crippen LogP) is 3.01. The van der Waals surface area contributed by atoms with Gasteiger partial charge in [-0.2, -0.15) is 4.98 Å². The fraction of sp³-hybridized carbons (Fsp3) is 0.571. The topological polar surface area (TPSA) is 77.8 Å². The van der Waals surface area contributed by atoms with Crippen molar-refractivity contribution in [1.82, 2.24) is 9.97 Å². The Balaban J connectivity index is 2.10. The molecule has 0 amide bonds. The Labute approximate surface area is 117 Å². The maximum Gasteiger partial charge on any atom is 0.223 e. The number of nitrogen functional groups attached to an aromatic ring is 2. The largest absolute Gasteiger partial charge is 0.383 e. The van der Waals surface area contributed by atoms with Gasteiger partial charge in [0, 0.05) is 4.88 Å². The third-order valence-corrected chi connectivity index (χ3v) is 5.33. The summed E-state index contributed by atoms with van der Waals surface area (Å²) in [7, 11) is 0. The summed E-state index contributed by atoms with van der Waals surface area (Å²) >= 11 is 1.74. The third kappa shape index (κ3) is 2.06. The number of aryl methyl sites for hydroxylation is 1. The van der Waals surface area contributed by atoms with Gasteiger partial charge in [-0.05, 0) is 36.2 Å². The van der Waals surface area contributed by atoms with Gasteiger partial charge < -0.3 is 11.5 Å².